The number of nitrogens with one attached hydrogen (secondary N) is 1. The molecule has 0 amide bonds. The van der Waals surface area contributed by atoms with Crippen molar-refractivity contribution in [1.82, 2.24) is 14.9 Å². The molecule has 13 heteroatoms. The molecule has 3 rings (SSSR count). The van der Waals surface area contributed by atoms with E-state index in [0.717, 1.165) is 13.0 Å². The molecule has 10 nitrogen and oxygen atoms in total. The van der Waals surface area contributed by atoms with Gasteiger partial charge in [0.15, 0.2) is 5.78 Å². The van der Waals surface area contributed by atoms with Crippen molar-refractivity contribution in [3.63, 3.8) is 0 Å². The van der Waals surface area contributed by atoms with E-state index in [4.69, 9.17) is 21.8 Å². The third-order valence-corrected chi connectivity index (χ3v) is 5.96. The summed E-state index contributed by atoms with van der Waals surface area (Å²) in [5.41, 5.74) is 0.212. The van der Waals surface area contributed by atoms with Crippen LogP contribution in [0.4, 0.5) is 0 Å². The first-order chi connectivity index (χ1) is 15.1. The zero-order valence-corrected chi connectivity index (χ0v) is 19.3. The van der Waals surface area contributed by atoms with E-state index in [-0.39, 0.29) is 94.6 Å². The first-order valence-electron chi connectivity index (χ1n) is 9.79. The summed E-state index contributed by atoms with van der Waals surface area (Å²) in [6.45, 7) is 0.722. The number of carbonyl (C=O) groups excluding carboxylic acids is 1. The van der Waals surface area contributed by atoms with Crippen molar-refractivity contribution < 1.29 is 29.7 Å². The Bertz CT molecular complexity index is 1050. The number of nitrogens with zero attached hydrogens (tertiary/aromatic N) is 2. The number of hydrogen-bond donors (Lipinski definition) is 4. The van der Waals surface area contributed by atoms with E-state index in [1.807, 2.05) is 0 Å². The molecule has 0 spiro atoms. The molecule has 1 aliphatic heterocycles. The van der Waals surface area contributed by atoms with Crippen LogP contribution in [-0.2, 0) is 20.9 Å². The monoisotopic (exact) mass is 571 g/mol. The first kappa shape index (κ1) is 30.3. The summed E-state index contributed by atoms with van der Waals surface area (Å²) in [5, 5.41) is 29.7. The van der Waals surface area contributed by atoms with Crippen molar-refractivity contribution >= 4 is 108 Å². The van der Waals surface area contributed by atoms with Crippen LogP contribution in [0.15, 0.2) is 27.7 Å². The fraction of sp³-hybridized carbons (Fsp3) is 0.450. The molecule has 0 unspecified atom stereocenters. The Hall–Kier alpha value is -0.704. The number of aliphatic hydroxyl groups is 1. The number of aliphatic hydroxyl groups excluding tert-OH is 1. The number of carboxylic acid groups (broad SMARTS) is 2. The molecule has 176 valence electrons. The molecule has 1 aliphatic rings. The Morgan fingerprint density at radius 2 is 1.85 bits per heavy atom. The molecule has 2 heterocycles. The molecule has 33 heavy (non-hydrogen) atoms. The fourth-order valence-electron chi connectivity index (χ4n) is 3.12. The number of benzene rings is 1. The van der Waals surface area contributed by atoms with Crippen LogP contribution >= 0.6 is 27.5 Å². The molecular formula is C20H24BrClKN3O7. The van der Waals surface area contributed by atoms with Crippen LogP contribution in [0.2, 0.25) is 5.02 Å². The van der Waals surface area contributed by atoms with Crippen molar-refractivity contribution in [3.05, 3.63) is 38.3 Å². The topological polar surface area (TPSA) is 159 Å². The predicted molar refractivity (Wildman–Crippen MR) is 127 cm³/mol. The zero-order chi connectivity index (χ0) is 23.8. The summed E-state index contributed by atoms with van der Waals surface area (Å²) in [6, 6.07) is 2.97. The van der Waals surface area contributed by atoms with Gasteiger partial charge < -0.3 is 20.6 Å². The third kappa shape index (κ3) is 9.82. The zero-order valence-electron chi connectivity index (χ0n) is 17.0. The van der Waals surface area contributed by atoms with Crippen LogP contribution in [0.5, 0.6) is 0 Å². The Kier molecular flexibility index (Phi) is 13.5. The number of hydrogen-bond acceptors (Lipinski definition) is 7. The van der Waals surface area contributed by atoms with Gasteiger partial charge in [0.25, 0.3) is 5.56 Å². The number of rotatable bonds is 7. The van der Waals surface area contributed by atoms with Gasteiger partial charge in [0.05, 0.1) is 47.7 Å². The van der Waals surface area contributed by atoms with Gasteiger partial charge in [-0.15, -0.1) is 0 Å². The minimum atomic E-state index is -1.08. The normalized spacial score (nSPS) is 17.4. The molecular weight excluding hydrogens is 549 g/mol. The van der Waals surface area contributed by atoms with Gasteiger partial charge in [0, 0.05) is 16.9 Å². The van der Waals surface area contributed by atoms with Gasteiger partial charge in [-0.2, -0.15) is 0 Å². The van der Waals surface area contributed by atoms with Gasteiger partial charge >= 0.3 is 63.3 Å². The van der Waals surface area contributed by atoms with Crippen LogP contribution < -0.4 is 10.9 Å². The first-order valence-corrected chi connectivity index (χ1v) is 11.0. The van der Waals surface area contributed by atoms with Crippen molar-refractivity contribution in [2.45, 2.75) is 50.8 Å². The van der Waals surface area contributed by atoms with E-state index < -0.39 is 18.0 Å². The summed E-state index contributed by atoms with van der Waals surface area (Å²) in [7, 11) is 0. The number of halogens is 2. The Balaban J connectivity index is 0.000000523. The summed E-state index contributed by atoms with van der Waals surface area (Å²) in [4.78, 5) is 48.3. The van der Waals surface area contributed by atoms with Crippen molar-refractivity contribution in [1.29, 1.82) is 0 Å². The maximum absolute atomic E-state index is 12.5. The Morgan fingerprint density at radius 3 is 2.42 bits per heavy atom. The van der Waals surface area contributed by atoms with Crippen molar-refractivity contribution in [2.75, 3.05) is 6.54 Å². The molecule has 2 aromatic rings. The number of carboxylic acids is 2. The molecule has 4 N–H and O–H groups in total. The average molecular weight is 573 g/mol. The summed E-state index contributed by atoms with van der Waals surface area (Å²) in [6.07, 6.45) is 2.03. The van der Waals surface area contributed by atoms with Gasteiger partial charge in [-0.05, 0) is 47.4 Å². The molecule has 1 fully saturated rings. The number of piperidine rings is 1. The second-order valence-electron chi connectivity index (χ2n) is 7.26. The maximum atomic E-state index is 12.5. The van der Waals surface area contributed by atoms with Crippen LogP contribution in [0.3, 0.4) is 0 Å². The second-order valence-corrected chi connectivity index (χ2v) is 8.52. The number of aliphatic carboxylic acids is 2. The van der Waals surface area contributed by atoms with Crippen LogP contribution in [0.1, 0.15) is 32.1 Å². The Labute approximate surface area is 245 Å². The fourth-order valence-corrected chi connectivity index (χ4v) is 3.62. The number of fused-ring (bicyclic) bond motifs is 1. The molecule has 0 aliphatic carbocycles. The molecule has 1 saturated heterocycles. The van der Waals surface area contributed by atoms with E-state index in [9.17, 15) is 24.3 Å². The quantitative estimate of drug-likeness (QED) is 0.357. The van der Waals surface area contributed by atoms with Crippen LogP contribution in [0.25, 0.3) is 10.9 Å². The SMILES string of the molecule is O=C(C[C@@H]1NCCC[C@H]1O)Cn1cnc2cc(Br)c(Cl)cc2c1=O.O=C(O)CCC(=O)O.[KH]. The number of aromatic nitrogens is 2. The summed E-state index contributed by atoms with van der Waals surface area (Å²) in [5.74, 6) is -2.28. The van der Waals surface area contributed by atoms with Crippen LogP contribution in [-0.4, -0.2) is 113 Å². The molecule has 2 atom stereocenters. The predicted octanol–water partition coefficient (Wildman–Crippen LogP) is 1.17. The van der Waals surface area contributed by atoms with E-state index in [1.54, 1.807) is 12.1 Å². The molecule has 0 radical (unpaired) electrons. The van der Waals surface area contributed by atoms with E-state index in [1.165, 1.54) is 10.9 Å². The van der Waals surface area contributed by atoms with E-state index >= 15 is 0 Å². The minimum absolute atomic E-state index is 0. The van der Waals surface area contributed by atoms with Gasteiger partial charge in [0.1, 0.15) is 0 Å². The van der Waals surface area contributed by atoms with Gasteiger partial charge in [0.2, 0.25) is 0 Å². The van der Waals surface area contributed by atoms with Crippen LogP contribution in [0, 0.1) is 0 Å². The number of Topliss-reactive ketones (excluding diaryl/α,β-unsaturated/α-hetero) is 1. The van der Waals surface area contributed by atoms with Crippen molar-refractivity contribution in [2.24, 2.45) is 0 Å². The van der Waals surface area contributed by atoms with Gasteiger partial charge in [-0.3, -0.25) is 23.7 Å². The summed E-state index contributed by atoms with van der Waals surface area (Å²) >= 11 is 9.33. The second kappa shape index (κ2) is 14.6. The van der Waals surface area contributed by atoms with E-state index in [0.29, 0.717) is 26.8 Å². The third-order valence-electron chi connectivity index (χ3n) is 4.76. The molecule has 1 aromatic carbocycles. The molecule has 0 saturated carbocycles. The average Bonchev–Trinajstić information content (AvgIpc) is 2.72. The number of ketones is 1. The summed E-state index contributed by atoms with van der Waals surface area (Å²) < 4.78 is 1.94. The molecule has 0 bridgehead atoms. The van der Waals surface area contributed by atoms with Gasteiger partial charge in [-0.1, -0.05) is 11.6 Å². The van der Waals surface area contributed by atoms with Gasteiger partial charge in [-0.25, -0.2) is 4.98 Å². The molecule has 1 aromatic heterocycles. The standard InChI is InChI=1S/C16H17BrClN3O3.C4H6O4.K.H/c17-11-6-13-10(5-12(11)18)16(24)21(8-20-13)7-9(22)4-14-15(23)2-1-3-19-14;5-3(6)1-2-4(7)8;;/h5-6,8,14-15,19,23H,1-4,7H2;1-2H2,(H,5,6)(H,7,8);;/t14-,15+;;;/m0.../s1. The van der Waals surface area contributed by atoms with E-state index in [2.05, 4.69) is 26.2 Å². The Morgan fingerprint density at radius 1 is 1.21 bits per heavy atom. The van der Waals surface area contributed by atoms with Crippen molar-refractivity contribution in [3.8, 4) is 0 Å². The number of carbonyl (C=O) groups is 3.